The summed E-state index contributed by atoms with van der Waals surface area (Å²) in [6.45, 7) is 6.28. The number of hydrogen-bond donors (Lipinski definition) is 1. The number of anilines is 1. The Morgan fingerprint density at radius 1 is 1.21 bits per heavy atom. The Balaban J connectivity index is 2.44. The van der Waals surface area contributed by atoms with Crippen molar-refractivity contribution in [3.8, 4) is 0 Å². The first-order valence-corrected chi connectivity index (χ1v) is 5.18. The van der Waals surface area contributed by atoms with Gasteiger partial charge in [-0.3, -0.25) is 0 Å². The first kappa shape index (κ1) is 9.33. The maximum atomic E-state index is 4.29. The highest BCUT2D eigenvalue weighted by Crippen LogP contribution is 2.24. The zero-order valence-electron chi connectivity index (χ0n) is 8.40. The Bertz CT molecular complexity index is 443. The van der Waals surface area contributed by atoms with Gasteiger partial charge in [0.1, 0.15) is 5.52 Å². The summed E-state index contributed by atoms with van der Waals surface area (Å²) in [6.07, 6.45) is 3.37. The van der Waals surface area contributed by atoms with E-state index in [-0.39, 0.29) is 5.54 Å². The number of aromatic nitrogens is 3. The van der Waals surface area contributed by atoms with Crippen LogP contribution in [-0.4, -0.2) is 19.9 Å². The van der Waals surface area contributed by atoms with E-state index in [4.69, 9.17) is 0 Å². The zero-order valence-corrected chi connectivity index (χ0v) is 9.22. The topological polar surface area (TPSA) is 50.7 Å². The van der Waals surface area contributed by atoms with Gasteiger partial charge in [0, 0.05) is 17.9 Å². The summed E-state index contributed by atoms with van der Waals surface area (Å²) in [5.41, 5.74) is 0.853. The minimum Gasteiger partial charge on any atom is -0.363 e. The largest absolute Gasteiger partial charge is 0.363 e. The second-order valence-electron chi connectivity index (χ2n) is 4.12. The van der Waals surface area contributed by atoms with Crippen molar-refractivity contribution in [3.05, 3.63) is 12.4 Å². The molecule has 5 heteroatoms. The van der Waals surface area contributed by atoms with Crippen molar-refractivity contribution in [1.29, 1.82) is 0 Å². The van der Waals surface area contributed by atoms with Gasteiger partial charge in [0.15, 0.2) is 10.6 Å². The molecule has 0 aromatic carbocycles. The van der Waals surface area contributed by atoms with Crippen molar-refractivity contribution in [2.45, 2.75) is 26.3 Å². The molecule has 2 rings (SSSR count). The van der Waals surface area contributed by atoms with E-state index >= 15 is 0 Å². The third-order valence-corrected chi connectivity index (χ3v) is 2.35. The first-order chi connectivity index (χ1) is 6.56. The van der Waals surface area contributed by atoms with Crippen LogP contribution in [0.4, 0.5) is 5.82 Å². The van der Waals surface area contributed by atoms with Crippen LogP contribution in [0, 0.1) is 0 Å². The van der Waals surface area contributed by atoms with Gasteiger partial charge < -0.3 is 5.32 Å². The van der Waals surface area contributed by atoms with Crippen LogP contribution in [0.15, 0.2) is 12.4 Å². The summed E-state index contributed by atoms with van der Waals surface area (Å²) in [7, 11) is 0. The van der Waals surface area contributed by atoms with E-state index in [1.165, 1.54) is 11.5 Å². The van der Waals surface area contributed by atoms with E-state index in [0.717, 1.165) is 16.2 Å². The summed E-state index contributed by atoms with van der Waals surface area (Å²) in [6, 6.07) is 0. The molecule has 0 radical (unpaired) electrons. The third kappa shape index (κ3) is 1.82. The van der Waals surface area contributed by atoms with Crippen LogP contribution in [0.5, 0.6) is 0 Å². The highest BCUT2D eigenvalue weighted by atomic mass is 32.1. The number of nitrogens with zero attached hydrogens (tertiary/aromatic N) is 3. The molecular weight excluding hydrogens is 196 g/mol. The second kappa shape index (κ2) is 3.16. The summed E-state index contributed by atoms with van der Waals surface area (Å²) < 4.78 is 4.29. The molecule has 0 unspecified atom stereocenters. The summed E-state index contributed by atoms with van der Waals surface area (Å²) in [5.74, 6) is 0.825. The van der Waals surface area contributed by atoms with Gasteiger partial charge in [0.2, 0.25) is 0 Å². The average molecular weight is 208 g/mol. The maximum absolute atomic E-state index is 4.29. The quantitative estimate of drug-likeness (QED) is 0.781. The first-order valence-electron chi connectivity index (χ1n) is 4.41. The molecule has 0 amide bonds. The van der Waals surface area contributed by atoms with E-state index < -0.39 is 0 Å². The van der Waals surface area contributed by atoms with Crippen molar-refractivity contribution in [1.82, 2.24) is 14.3 Å². The van der Waals surface area contributed by atoms with E-state index in [9.17, 15) is 0 Å². The number of nitrogens with one attached hydrogen (secondary N) is 1. The van der Waals surface area contributed by atoms with E-state index in [1.54, 1.807) is 12.4 Å². The average Bonchev–Trinajstić information content (AvgIpc) is 2.47. The molecule has 0 aliphatic carbocycles. The fraction of sp³-hybridized carbons (Fsp3) is 0.444. The van der Waals surface area contributed by atoms with Gasteiger partial charge >= 0.3 is 0 Å². The van der Waals surface area contributed by atoms with Crippen LogP contribution < -0.4 is 5.32 Å². The van der Waals surface area contributed by atoms with Crippen molar-refractivity contribution in [2.75, 3.05) is 5.32 Å². The van der Waals surface area contributed by atoms with Gasteiger partial charge in [-0.15, -0.1) is 0 Å². The van der Waals surface area contributed by atoms with Crippen LogP contribution in [0.25, 0.3) is 10.3 Å². The van der Waals surface area contributed by atoms with Crippen LogP contribution in [-0.2, 0) is 0 Å². The lowest BCUT2D eigenvalue weighted by molar-refractivity contribution is 0.632. The normalized spacial score (nSPS) is 11.9. The lowest BCUT2D eigenvalue weighted by Crippen LogP contribution is -2.26. The third-order valence-electron chi connectivity index (χ3n) is 1.61. The van der Waals surface area contributed by atoms with E-state index in [2.05, 4.69) is 40.4 Å². The molecule has 14 heavy (non-hydrogen) atoms. The molecule has 0 fully saturated rings. The minimum absolute atomic E-state index is 0.00146. The molecule has 1 N–H and O–H groups in total. The highest BCUT2D eigenvalue weighted by Gasteiger charge is 2.14. The van der Waals surface area contributed by atoms with Crippen molar-refractivity contribution < 1.29 is 0 Å². The SMILES string of the molecule is CC(C)(C)Nc1nsc2nccnc12. The lowest BCUT2D eigenvalue weighted by atomic mass is 10.1. The monoisotopic (exact) mass is 208 g/mol. The molecule has 2 aromatic heterocycles. The molecule has 0 saturated carbocycles. The van der Waals surface area contributed by atoms with Gasteiger partial charge in [-0.1, -0.05) is 0 Å². The fourth-order valence-corrected chi connectivity index (χ4v) is 1.78. The second-order valence-corrected chi connectivity index (χ2v) is 4.87. The van der Waals surface area contributed by atoms with Gasteiger partial charge in [-0.25, -0.2) is 9.97 Å². The molecule has 0 aliphatic rings. The molecule has 2 aromatic rings. The Hall–Kier alpha value is -1.23. The lowest BCUT2D eigenvalue weighted by Gasteiger charge is -2.19. The standard InChI is InChI=1S/C9H12N4S/c1-9(2,3)12-7-6-8(14-13-7)11-5-4-10-6/h4-5H,1-3H3,(H,12,13). The number of fused-ring (bicyclic) bond motifs is 1. The summed E-state index contributed by atoms with van der Waals surface area (Å²) >= 11 is 1.37. The Morgan fingerprint density at radius 3 is 2.64 bits per heavy atom. The van der Waals surface area contributed by atoms with Crippen molar-refractivity contribution in [3.63, 3.8) is 0 Å². The molecular formula is C9H12N4S. The Morgan fingerprint density at radius 2 is 1.93 bits per heavy atom. The smallest absolute Gasteiger partial charge is 0.168 e. The molecule has 0 spiro atoms. The van der Waals surface area contributed by atoms with Gasteiger partial charge in [-0.2, -0.15) is 4.37 Å². The molecule has 4 nitrogen and oxygen atoms in total. The minimum atomic E-state index is -0.00146. The Kier molecular flexibility index (Phi) is 2.11. The van der Waals surface area contributed by atoms with Gasteiger partial charge in [0.05, 0.1) is 0 Å². The highest BCUT2D eigenvalue weighted by molar-refractivity contribution is 7.13. The predicted molar refractivity (Wildman–Crippen MR) is 58.6 cm³/mol. The van der Waals surface area contributed by atoms with Crippen LogP contribution >= 0.6 is 11.5 Å². The van der Waals surface area contributed by atoms with Gasteiger partial charge in [0.25, 0.3) is 0 Å². The fourth-order valence-electron chi connectivity index (χ4n) is 1.12. The Labute approximate surface area is 86.6 Å². The molecule has 0 saturated heterocycles. The van der Waals surface area contributed by atoms with E-state index in [1.807, 2.05) is 0 Å². The molecule has 0 aliphatic heterocycles. The molecule has 2 heterocycles. The van der Waals surface area contributed by atoms with Gasteiger partial charge in [-0.05, 0) is 32.3 Å². The molecule has 0 atom stereocenters. The van der Waals surface area contributed by atoms with E-state index in [0.29, 0.717) is 0 Å². The zero-order chi connectivity index (χ0) is 10.2. The molecule has 74 valence electrons. The maximum Gasteiger partial charge on any atom is 0.168 e. The predicted octanol–water partition coefficient (Wildman–Crippen LogP) is 2.30. The van der Waals surface area contributed by atoms with Crippen LogP contribution in [0.3, 0.4) is 0 Å². The van der Waals surface area contributed by atoms with Crippen LogP contribution in [0.1, 0.15) is 20.8 Å². The van der Waals surface area contributed by atoms with Crippen molar-refractivity contribution in [2.24, 2.45) is 0 Å². The molecule has 0 bridgehead atoms. The summed E-state index contributed by atoms with van der Waals surface area (Å²) in [4.78, 5) is 9.31. The number of hydrogen-bond acceptors (Lipinski definition) is 5. The van der Waals surface area contributed by atoms with Crippen molar-refractivity contribution >= 4 is 27.7 Å². The summed E-state index contributed by atoms with van der Waals surface area (Å²) in [5, 5.41) is 3.30. The number of rotatable bonds is 1. The van der Waals surface area contributed by atoms with Crippen LogP contribution in [0.2, 0.25) is 0 Å².